The van der Waals surface area contributed by atoms with E-state index in [2.05, 4.69) is 29.6 Å². The molecule has 0 unspecified atom stereocenters. The van der Waals surface area contributed by atoms with E-state index in [0.717, 1.165) is 24.8 Å². The van der Waals surface area contributed by atoms with Crippen LogP contribution in [0.15, 0.2) is 66.7 Å². The first-order chi connectivity index (χ1) is 15.5. The molecule has 0 bridgehead atoms. The van der Waals surface area contributed by atoms with Gasteiger partial charge in [-0.2, -0.15) is 0 Å². The summed E-state index contributed by atoms with van der Waals surface area (Å²) in [5.74, 6) is -0.469. The number of rotatable bonds is 11. The van der Waals surface area contributed by atoms with Gasteiger partial charge in [0.05, 0.1) is 6.04 Å². The van der Waals surface area contributed by atoms with Gasteiger partial charge in [0.15, 0.2) is 0 Å². The highest BCUT2D eigenvalue weighted by Crippen LogP contribution is 2.25. The average molecular weight is 434 g/mol. The Labute approximate surface area is 188 Å². The van der Waals surface area contributed by atoms with Crippen LogP contribution in [0.2, 0.25) is 0 Å². The second-order valence-electron chi connectivity index (χ2n) is 7.92. The summed E-state index contributed by atoms with van der Waals surface area (Å²) in [6.07, 6.45) is 3.59. The molecule has 2 amide bonds. The fraction of sp³-hybridized carbons (Fsp3) is 0.308. The number of hydrogen-bond donors (Lipinski definition) is 3. The number of nitrogens with one attached hydrogen (secondary N) is 1. The number of fused-ring (bicyclic) bond motifs is 1. The van der Waals surface area contributed by atoms with Crippen molar-refractivity contribution in [1.82, 2.24) is 5.32 Å². The predicted octanol–water partition coefficient (Wildman–Crippen LogP) is 3.83. The zero-order valence-corrected chi connectivity index (χ0v) is 18.3. The van der Waals surface area contributed by atoms with E-state index >= 15 is 0 Å². The van der Waals surface area contributed by atoms with Crippen molar-refractivity contribution >= 4 is 22.8 Å². The minimum Gasteiger partial charge on any atom is -0.445 e. The molecule has 0 saturated heterocycles. The number of carbonyl (C=O) groups is 2. The summed E-state index contributed by atoms with van der Waals surface area (Å²) in [4.78, 5) is 23.1. The zero-order valence-electron chi connectivity index (χ0n) is 18.3. The highest BCUT2D eigenvalue weighted by Gasteiger charge is 2.11. The van der Waals surface area contributed by atoms with Gasteiger partial charge in [0, 0.05) is 6.54 Å². The lowest BCUT2D eigenvalue weighted by atomic mass is 9.93. The fourth-order valence-corrected chi connectivity index (χ4v) is 3.72. The van der Waals surface area contributed by atoms with Crippen molar-refractivity contribution in [3.8, 4) is 0 Å². The van der Waals surface area contributed by atoms with E-state index in [9.17, 15) is 9.59 Å². The molecule has 6 heteroatoms. The highest BCUT2D eigenvalue weighted by molar-refractivity contribution is 5.89. The van der Waals surface area contributed by atoms with Crippen molar-refractivity contribution in [3.63, 3.8) is 0 Å². The summed E-state index contributed by atoms with van der Waals surface area (Å²) >= 11 is 0. The van der Waals surface area contributed by atoms with Crippen LogP contribution in [0.5, 0.6) is 0 Å². The van der Waals surface area contributed by atoms with Crippen LogP contribution in [0.3, 0.4) is 0 Å². The van der Waals surface area contributed by atoms with E-state index in [1.807, 2.05) is 42.5 Å². The van der Waals surface area contributed by atoms with E-state index in [0.29, 0.717) is 19.4 Å². The SMILES string of the molecule is NC(=O)[C@@H](N)CCc1ccc(CCCCNC(=O)OCc2ccccc2)c2ccccc12. The summed E-state index contributed by atoms with van der Waals surface area (Å²) in [5.41, 5.74) is 14.5. The maximum atomic E-state index is 11.8. The van der Waals surface area contributed by atoms with E-state index in [1.165, 1.54) is 21.9 Å². The number of amides is 2. The number of benzene rings is 3. The van der Waals surface area contributed by atoms with Crippen LogP contribution in [0.1, 0.15) is 36.0 Å². The molecule has 0 aliphatic rings. The number of aryl methyl sites for hydroxylation is 2. The predicted molar refractivity (Wildman–Crippen MR) is 127 cm³/mol. The first kappa shape index (κ1) is 23.3. The van der Waals surface area contributed by atoms with Crippen molar-refractivity contribution in [3.05, 3.63) is 83.4 Å². The van der Waals surface area contributed by atoms with Crippen molar-refractivity contribution in [1.29, 1.82) is 0 Å². The van der Waals surface area contributed by atoms with Crippen LogP contribution >= 0.6 is 0 Å². The first-order valence-corrected chi connectivity index (χ1v) is 11.0. The molecule has 0 radical (unpaired) electrons. The largest absolute Gasteiger partial charge is 0.445 e. The molecular formula is C26H31N3O3. The minimum atomic E-state index is -0.625. The van der Waals surface area contributed by atoms with Gasteiger partial charge in [-0.25, -0.2) is 4.79 Å². The Morgan fingerprint density at radius 3 is 2.12 bits per heavy atom. The topological polar surface area (TPSA) is 107 Å². The number of nitrogens with two attached hydrogens (primary N) is 2. The lowest BCUT2D eigenvalue weighted by Crippen LogP contribution is -2.36. The molecule has 168 valence electrons. The molecule has 0 fully saturated rings. The van der Waals surface area contributed by atoms with Crippen LogP contribution in [0.4, 0.5) is 4.79 Å². The van der Waals surface area contributed by atoms with Gasteiger partial charge in [-0.1, -0.05) is 66.7 Å². The third kappa shape index (κ3) is 6.82. The van der Waals surface area contributed by atoms with Gasteiger partial charge in [-0.05, 0) is 59.6 Å². The second kappa shape index (κ2) is 11.9. The molecule has 3 aromatic carbocycles. The van der Waals surface area contributed by atoms with Crippen LogP contribution in [-0.4, -0.2) is 24.6 Å². The number of ether oxygens (including phenoxy) is 1. The average Bonchev–Trinajstić information content (AvgIpc) is 2.82. The van der Waals surface area contributed by atoms with Gasteiger partial charge in [0.25, 0.3) is 0 Å². The maximum absolute atomic E-state index is 11.8. The number of unbranched alkanes of at least 4 members (excludes halogenated alkanes) is 1. The maximum Gasteiger partial charge on any atom is 0.407 e. The summed E-state index contributed by atoms with van der Waals surface area (Å²) in [6, 6.07) is 21.6. The standard InChI is InChI=1S/C26H31N3O3/c27-24(25(28)30)16-15-21-14-13-20(22-11-4-5-12-23(21)22)10-6-7-17-29-26(31)32-18-19-8-2-1-3-9-19/h1-5,8-9,11-14,24H,6-7,10,15-18,27H2,(H2,28,30)(H,29,31)/t24-/m0/s1. The quantitative estimate of drug-likeness (QED) is 0.399. The molecule has 5 N–H and O–H groups in total. The van der Waals surface area contributed by atoms with Crippen LogP contribution in [0.25, 0.3) is 10.8 Å². The lowest BCUT2D eigenvalue weighted by molar-refractivity contribution is -0.119. The molecule has 1 atom stereocenters. The molecule has 32 heavy (non-hydrogen) atoms. The van der Waals surface area contributed by atoms with Crippen molar-refractivity contribution < 1.29 is 14.3 Å². The van der Waals surface area contributed by atoms with Crippen molar-refractivity contribution in [2.75, 3.05) is 6.54 Å². The summed E-state index contributed by atoms with van der Waals surface area (Å²) in [7, 11) is 0. The summed E-state index contributed by atoms with van der Waals surface area (Å²) in [5, 5.41) is 5.21. The molecule has 0 spiro atoms. The van der Waals surface area contributed by atoms with E-state index < -0.39 is 18.0 Å². The Hall–Kier alpha value is -3.38. The lowest BCUT2D eigenvalue weighted by Gasteiger charge is -2.13. The Balaban J connectivity index is 1.46. The molecule has 0 aromatic heterocycles. The van der Waals surface area contributed by atoms with Crippen molar-refractivity contribution in [2.45, 2.75) is 44.8 Å². The molecule has 6 nitrogen and oxygen atoms in total. The zero-order chi connectivity index (χ0) is 22.8. The minimum absolute atomic E-state index is 0.273. The fourth-order valence-electron chi connectivity index (χ4n) is 3.72. The molecular weight excluding hydrogens is 402 g/mol. The molecule has 3 rings (SSSR count). The Kier molecular flexibility index (Phi) is 8.63. The van der Waals surface area contributed by atoms with Gasteiger partial charge in [0.1, 0.15) is 6.61 Å². The third-order valence-corrected chi connectivity index (χ3v) is 5.55. The van der Waals surface area contributed by atoms with Crippen molar-refractivity contribution in [2.24, 2.45) is 11.5 Å². The van der Waals surface area contributed by atoms with Gasteiger partial charge >= 0.3 is 6.09 Å². The van der Waals surface area contributed by atoms with Gasteiger partial charge in [-0.3, -0.25) is 4.79 Å². The summed E-state index contributed by atoms with van der Waals surface area (Å²) in [6.45, 7) is 0.851. The van der Waals surface area contributed by atoms with Gasteiger partial charge in [-0.15, -0.1) is 0 Å². The van der Waals surface area contributed by atoms with Gasteiger partial charge in [0.2, 0.25) is 5.91 Å². The first-order valence-electron chi connectivity index (χ1n) is 11.0. The van der Waals surface area contributed by atoms with E-state index in [-0.39, 0.29) is 6.61 Å². The van der Waals surface area contributed by atoms with E-state index in [4.69, 9.17) is 16.2 Å². The molecule has 0 heterocycles. The molecule has 0 aliphatic carbocycles. The molecule has 0 aliphatic heterocycles. The van der Waals surface area contributed by atoms with E-state index in [1.54, 1.807) is 0 Å². The summed E-state index contributed by atoms with van der Waals surface area (Å²) < 4.78 is 5.23. The number of alkyl carbamates (subject to hydrolysis) is 1. The number of primary amides is 1. The Morgan fingerprint density at radius 1 is 0.844 bits per heavy atom. The van der Waals surface area contributed by atoms with Crippen LogP contribution < -0.4 is 16.8 Å². The number of carbonyl (C=O) groups excluding carboxylic acids is 2. The Morgan fingerprint density at radius 2 is 1.47 bits per heavy atom. The third-order valence-electron chi connectivity index (χ3n) is 5.55. The normalized spacial score (nSPS) is 11.8. The highest BCUT2D eigenvalue weighted by atomic mass is 16.5. The molecule has 3 aromatic rings. The molecule has 0 saturated carbocycles. The smallest absolute Gasteiger partial charge is 0.407 e. The van der Waals surface area contributed by atoms with Crippen LogP contribution in [-0.2, 0) is 29.0 Å². The Bertz CT molecular complexity index is 1040. The van der Waals surface area contributed by atoms with Gasteiger partial charge < -0.3 is 21.5 Å². The number of hydrogen-bond acceptors (Lipinski definition) is 4. The van der Waals surface area contributed by atoms with Crippen LogP contribution in [0, 0.1) is 0 Å². The monoisotopic (exact) mass is 433 g/mol. The second-order valence-corrected chi connectivity index (χ2v) is 7.92.